The third-order valence-corrected chi connectivity index (χ3v) is 5.83. The minimum Gasteiger partial charge on any atom is -0.287 e. The average molecular weight is 444 g/mol. The Labute approximate surface area is 176 Å². The molecule has 1 amide bonds. The largest absolute Gasteiger partial charge is 0.287 e. The van der Waals surface area contributed by atoms with Crippen molar-refractivity contribution in [1.82, 2.24) is 5.01 Å². The van der Waals surface area contributed by atoms with E-state index in [0.717, 1.165) is 12.0 Å². The number of hydrogen-bond acceptors (Lipinski definition) is 4. The molecule has 1 heterocycles. The topological polar surface area (TPSA) is 32.3 Å². The molecular formula is C18H13Cl3N2OS2. The van der Waals surface area contributed by atoms with Crippen molar-refractivity contribution in [3.63, 3.8) is 0 Å². The summed E-state index contributed by atoms with van der Waals surface area (Å²) < 4.78 is 0.369. The van der Waals surface area contributed by atoms with Gasteiger partial charge in [0, 0.05) is 5.02 Å². The molecule has 1 aliphatic heterocycles. The predicted octanol–water partition coefficient (Wildman–Crippen LogP) is 6.44. The van der Waals surface area contributed by atoms with Crippen LogP contribution >= 0.6 is 58.8 Å². The fourth-order valence-corrected chi connectivity index (χ4v) is 4.41. The number of halogens is 3. The molecule has 3 nitrogen and oxygen atoms in total. The van der Waals surface area contributed by atoms with Crippen LogP contribution in [0.4, 0.5) is 5.69 Å². The smallest absolute Gasteiger partial charge is 0.285 e. The number of amides is 1. The Bertz CT molecular complexity index is 890. The van der Waals surface area contributed by atoms with Crippen LogP contribution in [0, 0.1) is 0 Å². The molecule has 8 heteroatoms. The number of hydrogen-bond donors (Lipinski definition) is 1. The molecule has 0 aromatic heterocycles. The average Bonchev–Trinajstić information content (AvgIpc) is 2.85. The molecule has 0 saturated carbocycles. The SMILES string of the molecule is CCc1ccc(/C=C2/SC(=S)N(Nc3c(Cl)cc(Cl)cc3Cl)C2=O)cc1. The highest BCUT2D eigenvalue weighted by Gasteiger charge is 2.33. The highest BCUT2D eigenvalue weighted by Crippen LogP contribution is 2.37. The monoisotopic (exact) mass is 442 g/mol. The van der Waals surface area contributed by atoms with Gasteiger partial charge in [-0.05, 0) is 48.0 Å². The van der Waals surface area contributed by atoms with Crippen molar-refractivity contribution in [3.05, 3.63) is 67.5 Å². The van der Waals surface area contributed by atoms with Gasteiger partial charge in [0.2, 0.25) is 0 Å². The Hall–Kier alpha value is -1.24. The van der Waals surface area contributed by atoms with Gasteiger partial charge in [0.05, 0.1) is 20.6 Å². The molecule has 1 fully saturated rings. The molecule has 3 rings (SSSR count). The quantitative estimate of drug-likeness (QED) is 0.435. The van der Waals surface area contributed by atoms with Gasteiger partial charge in [-0.15, -0.1) is 0 Å². The first kappa shape index (κ1) is 19.5. The zero-order chi connectivity index (χ0) is 18.8. The van der Waals surface area contributed by atoms with Crippen molar-refractivity contribution < 1.29 is 4.79 Å². The lowest BCUT2D eigenvalue weighted by Gasteiger charge is -2.19. The lowest BCUT2D eigenvalue weighted by molar-refractivity contribution is -0.121. The zero-order valence-electron chi connectivity index (χ0n) is 13.6. The molecule has 0 radical (unpaired) electrons. The molecule has 2 aromatic rings. The Morgan fingerprint density at radius 2 is 1.77 bits per heavy atom. The van der Waals surface area contributed by atoms with E-state index < -0.39 is 0 Å². The van der Waals surface area contributed by atoms with E-state index in [1.165, 1.54) is 22.3 Å². The molecule has 0 bridgehead atoms. The van der Waals surface area contributed by atoms with Crippen LogP contribution < -0.4 is 5.43 Å². The standard InChI is InChI=1S/C18H13Cl3N2OS2/c1-2-10-3-5-11(6-4-10)7-15-17(24)23(18(25)26-15)22-16-13(20)8-12(19)9-14(16)21/h3-9,22H,2H2,1H3/b15-7+. The minimum absolute atomic E-state index is 0.262. The molecule has 0 aliphatic carbocycles. The molecule has 0 atom stereocenters. The number of carbonyl (C=O) groups is 1. The first-order chi connectivity index (χ1) is 12.4. The van der Waals surface area contributed by atoms with E-state index in [-0.39, 0.29) is 5.91 Å². The molecule has 1 saturated heterocycles. The maximum Gasteiger partial charge on any atom is 0.285 e. The number of aryl methyl sites for hydroxylation is 1. The van der Waals surface area contributed by atoms with Crippen molar-refractivity contribution in [3.8, 4) is 0 Å². The molecule has 134 valence electrons. The predicted molar refractivity (Wildman–Crippen MR) is 116 cm³/mol. The van der Waals surface area contributed by atoms with E-state index in [2.05, 4.69) is 12.3 Å². The number of carbonyl (C=O) groups excluding carboxylic acids is 1. The van der Waals surface area contributed by atoms with Crippen LogP contribution in [-0.2, 0) is 11.2 Å². The molecular weight excluding hydrogens is 431 g/mol. The van der Waals surface area contributed by atoms with Gasteiger partial charge in [0.15, 0.2) is 4.32 Å². The van der Waals surface area contributed by atoms with Crippen LogP contribution in [0.25, 0.3) is 6.08 Å². The number of nitrogens with one attached hydrogen (secondary N) is 1. The third-order valence-electron chi connectivity index (χ3n) is 3.71. The van der Waals surface area contributed by atoms with E-state index in [1.807, 2.05) is 30.3 Å². The van der Waals surface area contributed by atoms with E-state index in [1.54, 1.807) is 12.1 Å². The van der Waals surface area contributed by atoms with E-state index in [0.29, 0.717) is 30.0 Å². The molecule has 2 aromatic carbocycles. The maximum atomic E-state index is 12.7. The van der Waals surface area contributed by atoms with Crippen LogP contribution in [0.3, 0.4) is 0 Å². The Kier molecular flexibility index (Phi) is 6.15. The second kappa shape index (κ2) is 8.19. The highest BCUT2D eigenvalue weighted by molar-refractivity contribution is 8.26. The first-order valence-electron chi connectivity index (χ1n) is 7.67. The van der Waals surface area contributed by atoms with Gasteiger partial charge in [0.1, 0.15) is 0 Å². The molecule has 1 N–H and O–H groups in total. The number of thiocarbonyl (C=S) groups is 1. The fraction of sp³-hybridized carbons (Fsp3) is 0.111. The summed E-state index contributed by atoms with van der Waals surface area (Å²) in [5, 5.41) is 2.27. The van der Waals surface area contributed by atoms with Gasteiger partial charge in [-0.25, -0.2) is 5.01 Å². The van der Waals surface area contributed by atoms with Crippen molar-refractivity contribution in [2.24, 2.45) is 0 Å². The number of thioether (sulfide) groups is 1. The normalized spacial score (nSPS) is 15.8. The molecule has 26 heavy (non-hydrogen) atoms. The summed E-state index contributed by atoms with van der Waals surface area (Å²) in [4.78, 5) is 13.2. The second-order valence-electron chi connectivity index (χ2n) is 5.47. The number of anilines is 1. The zero-order valence-corrected chi connectivity index (χ0v) is 17.5. The minimum atomic E-state index is -0.262. The van der Waals surface area contributed by atoms with Crippen molar-refractivity contribution in [2.45, 2.75) is 13.3 Å². The van der Waals surface area contributed by atoms with Crippen LogP contribution in [-0.4, -0.2) is 15.2 Å². The second-order valence-corrected chi connectivity index (χ2v) is 8.40. The van der Waals surface area contributed by atoms with Crippen LogP contribution in [0.5, 0.6) is 0 Å². The van der Waals surface area contributed by atoms with Crippen LogP contribution in [0.1, 0.15) is 18.1 Å². The van der Waals surface area contributed by atoms with Gasteiger partial charge in [0.25, 0.3) is 5.91 Å². The van der Waals surface area contributed by atoms with Crippen LogP contribution in [0.15, 0.2) is 41.3 Å². The number of benzene rings is 2. The van der Waals surface area contributed by atoms with E-state index >= 15 is 0 Å². The summed E-state index contributed by atoms with van der Waals surface area (Å²) in [5.74, 6) is -0.262. The summed E-state index contributed by atoms with van der Waals surface area (Å²) in [6, 6.07) is 11.1. The van der Waals surface area contributed by atoms with Crippen LogP contribution in [0.2, 0.25) is 15.1 Å². The third kappa shape index (κ3) is 4.18. The number of rotatable bonds is 4. The summed E-state index contributed by atoms with van der Waals surface area (Å²) in [7, 11) is 0. The van der Waals surface area contributed by atoms with Crippen molar-refractivity contribution in [1.29, 1.82) is 0 Å². The lowest BCUT2D eigenvalue weighted by atomic mass is 10.1. The van der Waals surface area contributed by atoms with Crippen molar-refractivity contribution in [2.75, 3.05) is 5.43 Å². The van der Waals surface area contributed by atoms with Gasteiger partial charge in [-0.2, -0.15) is 0 Å². The van der Waals surface area contributed by atoms with Gasteiger partial charge in [-0.3, -0.25) is 10.2 Å². The fourth-order valence-electron chi connectivity index (χ4n) is 2.33. The number of nitrogens with zero attached hydrogens (tertiary/aromatic N) is 1. The van der Waals surface area contributed by atoms with E-state index in [4.69, 9.17) is 47.0 Å². The maximum absolute atomic E-state index is 12.7. The Morgan fingerprint density at radius 3 is 2.35 bits per heavy atom. The highest BCUT2D eigenvalue weighted by atomic mass is 35.5. The van der Waals surface area contributed by atoms with Gasteiger partial charge >= 0.3 is 0 Å². The molecule has 0 unspecified atom stereocenters. The lowest BCUT2D eigenvalue weighted by Crippen LogP contribution is -2.34. The summed E-state index contributed by atoms with van der Waals surface area (Å²) in [5.41, 5.74) is 5.45. The summed E-state index contributed by atoms with van der Waals surface area (Å²) in [6.07, 6.45) is 2.78. The summed E-state index contributed by atoms with van der Waals surface area (Å²) in [6.45, 7) is 2.10. The first-order valence-corrected chi connectivity index (χ1v) is 10.0. The van der Waals surface area contributed by atoms with E-state index in [9.17, 15) is 4.79 Å². The van der Waals surface area contributed by atoms with Crippen molar-refractivity contribution >= 4 is 80.8 Å². The number of hydrazine groups is 1. The summed E-state index contributed by atoms with van der Waals surface area (Å²) >= 11 is 24.8. The Balaban J connectivity index is 1.84. The molecule has 0 spiro atoms. The molecule has 1 aliphatic rings. The Morgan fingerprint density at radius 1 is 1.15 bits per heavy atom. The van der Waals surface area contributed by atoms with Gasteiger partial charge in [-0.1, -0.05) is 77.8 Å². The van der Waals surface area contributed by atoms with Gasteiger partial charge < -0.3 is 0 Å².